The minimum atomic E-state index is 0. The van der Waals surface area contributed by atoms with Crippen LogP contribution in [0, 0.1) is 5.92 Å². The molecule has 1 rings (SSSR count). The Balaban J connectivity index is 0.00000400. The van der Waals surface area contributed by atoms with Gasteiger partial charge in [0.2, 0.25) is 0 Å². The minimum absolute atomic E-state index is 0. The van der Waals surface area contributed by atoms with Gasteiger partial charge in [-0.3, -0.25) is 0 Å². The van der Waals surface area contributed by atoms with Crippen LogP contribution >= 0.6 is 24.0 Å². The molecule has 1 aromatic carbocycles. The van der Waals surface area contributed by atoms with Gasteiger partial charge in [-0.25, -0.2) is 4.99 Å². The lowest BCUT2D eigenvalue weighted by Crippen LogP contribution is -2.38. The van der Waals surface area contributed by atoms with Crippen molar-refractivity contribution >= 4 is 29.9 Å². The van der Waals surface area contributed by atoms with Crippen molar-refractivity contribution in [3.63, 3.8) is 0 Å². The lowest BCUT2D eigenvalue weighted by Gasteiger charge is -2.12. The van der Waals surface area contributed by atoms with E-state index in [2.05, 4.69) is 36.4 Å². The molecule has 0 radical (unpaired) electrons. The molecule has 0 aliphatic carbocycles. The number of nitrogens with one attached hydrogen (secondary N) is 2. The van der Waals surface area contributed by atoms with Crippen molar-refractivity contribution in [3.8, 4) is 5.75 Å². The zero-order chi connectivity index (χ0) is 14.8. The quantitative estimate of drug-likeness (QED) is 0.415. The number of hydrogen-bond donors (Lipinski definition) is 2. The molecule has 1 aromatic rings. The molecular formula is C16H28IN3O. The number of methoxy groups -OCH3 is 1. The van der Waals surface area contributed by atoms with Gasteiger partial charge in [0.1, 0.15) is 5.75 Å². The molecule has 0 spiro atoms. The first-order valence-corrected chi connectivity index (χ1v) is 7.30. The standard InChI is InChI=1S/C16H27N3O.HI/c1-5-17-16(18-11-10-13(2)3)19-12-14-6-8-15(20-4)9-7-14;/h6-9,13H,5,10-12H2,1-4H3,(H2,17,18,19);1H. The zero-order valence-electron chi connectivity index (χ0n) is 13.5. The smallest absolute Gasteiger partial charge is 0.191 e. The number of nitrogens with zero attached hydrogens (tertiary/aromatic N) is 1. The van der Waals surface area contributed by atoms with E-state index in [0.717, 1.165) is 31.2 Å². The number of rotatable bonds is 7. The van der Waals surface area contributed by atoms with Crippen LogP contribution in [0.25, 0.3) is 0 Å². The highest BCUT2D eigenvalue weighted by atomic mass is 127. The fourth-order valence-corrected chi connectivity index (χ4v) is 1.72. The summed E-state index contributed by atoms with van der Waals surface area (Å²) in [6.07, 6.45) is 1.15. The molecule has 21 heavy (non-hydrogen) atoms. The van der Waals surface area contributed by atoms with Crippen molar-refractivity contribution < 1.29 is 4.74 Å². The van der Waals surface area contributed by atoms with Gasteiger partial charge in [-0.2, -0.15) is 0 Å². The van der Waals surface area contributed by atoms with Gasteiger partial charge in [-0.1, -0.05) is 26.0 Å². The number of halogens is 1. The fraction of sp³-hybridized carbons (Fsp3) is 0.562. The van der Waals surface area contributed by atoms with Gasteiger partial charge in [-0.05, 0) is 37.0 Å². The summed E-state index contributed by atoms with van der Waals surface area (Å²) in [5.41, 5.74) is 1.17. The predicted molar refractivity (Wildman–Crippen MR) is 101 cm³/mol. The molecule has 0 saturated carbocycles. The van der Waals surface area contributed by atoms with E-state index in [-0.39, 0.29) is 24.0 Å². The first-order chi connectivity index (χ1) is 9.65. The van der Waals surface area contributed by atoms with Crippen LogP contribution in [-0.4, -0.2) is 26.2 Å². The van der Waals surface area contributed by atoms with Crippen LogP contribution in [-0.2, 0) is 6.54 Å². The van der Waals surface area contributed by atoms with Gasteiger partial charge < -0.3 is 15.4 Å². The maximum Gasteiger partial charge on any atom is 0.191 e. The number of guanidine groups is 1. The summed E-state index contributed by atoms with van der Waals surface area (Å²) in [6, 6.07) is 8.01. The van der Waals surface area contributed by atoms with Crippen molar-refractivity contribution in [1.82, 2.24) is 10.6 Å². The first-order valence-electron chi connectivity index (χ1n) is 7.30. The van der Waals surface area contributed by atoms with Gasteiger partial charge in [0.25, 0.3) is 0 Å². The average Bonchev–Trinajstić information content (AvgIpc) is 2.45. The second-order valence-electron chi connectivity index (χ2n) is 5.15. The monoisotopic (exact) mass is 405 g/mol. The molecule has 0 aromatic heterocycles. The molecule has 0 fully saturated rings. The Bertz CT molecular complexity index is 404. The largest absolute Gasteiger partial charge is 0.497 e. The molecule has 5 heteroatoms. The third-order valence-electron chi connectivity index (χ3n) is 2.94. The SMILES string of the molecule is CCNC(=NCc1ccc(OC)cc1)NCCC(C)C.I. The van der Waals surface area contributed by atoms with Crippen molar-refractivity contribution in [2.24, 2.45) is 10.9 Å². The number of hydrogen-bond acceptors (Lipinski definition) is 2. The molecule has 0 aliphatic heterocycles. The topological polar surface area (TPSA) is 45.7 Å². The number of ether oxygens (including phenoxy) is 1. The van der Waals surface area contributed by atoms with Gasteiger partial charge in [0.05, 0.1) is 13.7 Å². The van der Waals surface area contributed by atoms with Crippen molar-refractivity contribution in [1.29, 1.82) is 0 Å². The van der Waals surface area contributed by atoms with Crippen molar-refractivity contribution in [3.05, 3.63) is 29.8 Å². The van der Waals surface area contributed by atoms with E-state index in [9.17, 15) is 0 Å². The molecule has 4 nitrogen and oxygen atoms in total. The van der Waals surface area contributed by atoms with E-state index in [1.54, 1.807) is 7.11 Å². The Morgan fingerprint density at radius 2 is 1.86 bits per heavy atom. The Kier molecular flexibility index (Phi) is 11.1. The lowest BCUT2D eigenvalue weighted by molar-refractivity contribution is 0.414. The van der Waals surface area contributed by atoms with Gasteiger partial charge >= 0.3 is 0 Å². The summed E-state index contributed by atoms with van der Waals surface area (Å²) >= 11 is 0. The summed E-state index contributed by atoms with van der Waals surface area (Å²) in [4.78, 5) is 4.59. The predicted octanol–water partition coefficient (Wildman–Crippen LogP) is 3.41. The molecule has 0 bridgehead atoms. The summed E-state index contributed by atoms with van der Waals surface area (Å²) in [6.45, 7) is 9.02. The van der Waals surface area contributed by atoms with E-state index in [1.165, 1.54) is 5.56 Å². The minimum Gasteiger partial charge on any atom is -0.497 e. The summed E-state index contributed by atoms with van der Waals surface area (Å²) in [5.74, 6) is 2.45. The molecule has 0 atom stereocenters. The van der Waals surface area contributed by atoms with Crippen LogP contribution in [0.2, 0.25) is 0 Å². The molecule has 120 valence electrons. The van der Waals surface area contributed by atoms with E-state index >= 15 is 0 Å². The fourth-order valence-electron chi connectivity index (χ4n) is 1.72. The molecule has 2 N–H and O–H groups in total. The third-order valence-corrected chi connectivity index (χ3v) is 2.94. The van der Waals surface area contributed by atoms with E-state index in [1.807, 2.05) is 24.3 Å². The van der Waals surface area contributed by atoms with Gasteiger partial charge in [-0.15, -0.1) is 24.0 Å². The molecular weight excluding hydrogens is 377 g/mol. The van der Waals surface area contributed by atoms with Crippen LogP contribution in [0.15, 0.2) is 29.3 Å². The molecule has 0 aliphatic rings. The highest BCUT2D eigenvalue weighted by Crippen LogP contribution is 2.11. The molecule has 0 saturated heterocycles. The summed E-state index contributed by atoms with van der Waals surface area (Å²) < 4.78 is 5.15. The highest BCUT2D eigenvalue weighted by Gasteiger charge is 1.99. The number of benzene rings is 1. The van der Waals surface area contributed by atoms with E-state index in [4.69, 9.17) is 4.74 Å². The zero-order valence-corrected chi connectivity index (χ0v) is 15.8. The van der Waals surface area contributed by atoms with Crippen molar-refractivity contribution in [2.45, 2.75) is 33.7 Å². The van der Waals surface area contributed by atoms with Crippen LogP contribution < -0.4 is 15.4 Å². The molecule has 0 amide bonds. The maximum atomic E-state index is 5.15. The molecule has 0 unspecified atom stereocenters. The Labute approximate surface area is 145 Å². The number of aliphatic imine (C=N–C) groups is 1. The second kappa shape index (κ2) is 11.7. The summed E-state index contributed by atoms with van der Waals surface area (Å²) in [7, 11) is 1.68. The van der Waals surface area contributed by atoms with E-state index in [0.29, 0.717) is 12.5 Å². The van der Waals surface area contributed by atoms with Crippen molar-refractivity contribution in [2.75, 3.05) is 20.2 Å². The van der Waals surface area contributed by atoms with Gasteiger partial charge in [0.15, 0.2) is 5.96 Å². The van der Waals surface area contributed by atoms with Crippen LogP contribution in [0.3, 0.4) is 0 Å². The van der Waals surface area contributed by atoms with Crippen LogP contribution in [0.4, 0.5) is 0 Å². The maximum absolute atomic E-state index is 5.15. The van der Waals surface area contributed by atoms with Crippen LogP contribution in [0.1, 0.15) is 32.8 Å². The first kappa shape index (κ1) is 20.0. The Hall–Kier alpha value is -0.980. The van der Waals surface area contributed by atoms with Gasteiger partial charge in [0, 0.05) is 13.1 Å². The highest BCUT2D eigenvalue weighted by molar-refractivity contribution is 14.0. The summed E-state index contributed by atoms with van der Waals surface area (Å²) in [5, 5.41) is 6.62. The Morgan fingerprint density at radius 1 is 1.19 bits per heavy atom. The average molecular weight is 405 g/mol. The van der Waals surface area contributed by atoms with E-state index < -0.39 is 0 Å². The normalized spacial score (nSPS) is 11.0. The molecule has 0 heterocycles. The second-order valence-corrected chi connectivity index (χ2v) is 5.15. The van der Waals surface area contributed by atoms with Crippen LogP contribution in [0.5, 0.6) is 5.75 Å². The Morgan fingerprint density at radius 3 is 2.38 bits per heavy atom. The lowest BCUT2D eigenvalue weighted by atomic mass is 10.1. The third kappa shape index (κ3) is 8.80.